The zero-order chi connectivity index (χ0) is 24.2. The average Bonchev–Trinajstić information content (AvgIpc) is 3.41. The second kappa shape index (κ2) is 10.5. The van der Waals surface area contributed by atoms with Crippen LogP contribution in [0.15, 0.2) is 53.0 Å². The van der Waals surface area contributed by atoms with Crippen LogP contribution in [0, 0.1) is 20.8 Å². The van der Waals surface area contributed by atoms with E-state index >= 15 is 0 Å². The summed E-state index contributed by atoms with van der Waals surface area (Å²) in [4.78, 5) is 19.0. The number of hydrogen-bond acceptors (Lipinski definition) is 6. The van der Waals surface area contributed by atoms with Gasteiger partial charge in [0.1, 0.15) is 0 Å². The van der Waals surface area contributed by atoms with Gasteiger partial charge in [0.15, 0.2) is 16.1 Å². The molecule has 34 heavy (non-hydrogen) atoms. The molecule has 0 saturated carbocycles. The van der Waals surface area contributed by atoms with Crippen LogP contribution in [0.4, 0.5) is 10.8 Å². The lowest BCUT2D eigenvalue weighted by atomic mass is 10.1. The molecule has 0 aliphatic rings. The molecule has 2 heterocycles. The van der Waals surface area contributed by atoms with E-state index in [2.05, 4.69) is 65.9 Å². The number of carbonyl (C=O) groups excluding carboxylic acids is 1. The van der Waals surface area contributed by atoms with E-state index in [9.17, 15) is 4.79 Å². The molecule has 4 rings (SSSR count). The number of anilines is 2. The maximum absolute atomic E-state index is 12.5. The molecular weight excluding hydrogens is 462 g/mol. The second-order valence-electron chi connectivity index (χ2n) is 8.38. The molecule has 0 atom stereocenters. The van der Waals surface area contributed by atoms with Crippen LogP contribution in [-0.4, -0.2) is 25.7 Å². The van der Waals surface area contributed by atoms with Crippen molar-refractivity contribution in [2.75, 3.05) is 4.90 Å². The monoisotopic (exact) mass is 491 g/mol. The summed E-state index contributed by atoms with van der Waals surface area (Å²) in [7, 11) is 0. The lowest BCUT2D eigenvalue weighted by Gasteiger charge is -2.20. The highest BCUT2D eigenvalue weighted by Crippen LogP contribution is 2.33. The maximum Gasteiger partial charge on any atom is 0.230 e. The van der Waals surface area contributed by atoms with Gasteiger partial charge in [0.2, 0.25) is 5.91 Å². The quantitative estimate of drug-likeness (QED) is 0.256. The van der Waals surface area contributed by atoms with Crippen LogP contribution in [0.2, 0.25) is 0 Å². The Morgan fingerprint density at radius 2 is 1.88 bits per heavy atom. The number of thiazole rings is 1. The Morgan fingerprint density at radius 1 is 1.09 bits per heavy atom. The Balaban J connectivity index is 1.55. The molecule has 0 aliphatic heterocycles. The number of aromatic nitrogens is 4. The number of aryl methyl sites for hydroxylation is 3. The zero-order valence-corrected chi connectivity index (χ0v) is 21.8. The Hall–Kier alpha value is -2.97. The van der Waals surface area contributed by atoms with Gasteiger partial charge in [0.25, 0.3) is 0 Å². The molecular formula is C26H29N5OS2. The molecule has 0 N–H and O–H groups in total. The predicted molar refractivity (Wildman–Crippen MR) is 141 cm³/mol. The highest BCUT2D eigenvalue weighted by Gasteiger charge is 2.20. The van der Waals surface area contributed by atoms with E-state index in [-0.39, 0.29) is 5.91 Å². The third kappa shape index (κ3) is 5.23. The van der Waals surface area contributed by atoms with Crippen molar-refractivity contribution in [3.05, 3.63) is 70.2 Å². The fourth-order valence-electron chi connectivity index (χ4n) is 3.89. The van der Waals surface area contributed by atoms with Crippen LogP contribution >= 0.6 is 23.1 Å². The lowest BCUT2D eigenvalue weighted by Crippen LogP contribution is -2.23. The van der Waals surface area contributed by atoms with Gasteiger partial charge in [-0.15, -0.1) is 21.5 Å². The Kier molecular flexibility index (Phi) is 7.48. The first-order valence-corrected chi connectivity index (χ1v) is 13.2. The number of rotatable bonds is 8. The lowest BCUT2D eigenvalue weighted by molar-refractivity contribution is -0.115. The van der Waals surface area contributed by atoms with E-state index in [1.54, 1.807) is 23.6 Å². The first kappa shape index (κ1) is 24.2. The molecule has 176 valence electrons. The largest absolute Gasteiger partial charge is 0.302 e. The Labute approximate surface area is 209 Å². The summed E-state index contributed by atoms with van der Waals surface area (Å²) in [6, 6.07) is 14.4. The van der Waals surface area contributed by atoms with Crippen molar-refractivity contribution in [2.45, 2.75) is 58.5 Å². The molecule has 6 nitrogen and oxygen atoms in total. The van der Waals surface area contributed by atoms with Crippen LogP contribution in [0.3, 0.4) is 0 Å². The summed E-state index contributed by atoms with van der Waals surface area (Å²) in [6.07, 6.45) is 0.995. The standard InChI is InChI=1S/C26H29N5OS2/c1-6-12-30-24(21-9-7-8-17(2)14-21)28-29-26(30)34-16-22-15-33-25(27-22)31(20(5)32)23-11-10-18(3)13-19(23)4/h7-11,13-15H,6,12,16H2,1-5H3. The number of nitrogens with zero attached hydrogens (tertiary/aromatic N) is 5. The third-order valence-electron chi connectivity index (χ3n) is 5.43. The van der Waals surface area contributed by atoms with Gasteiger partial charge in [-0.25, -0.2) is 4.98 Å². The van der Waals surface area contributed by atoms with Crippen molar-refractivity contribution in [1.82, 2.24) is 19.7 Å². The van der Waals surface area contributed by atoms with Gasteiger partial charge in [-0.3, -0.25) is 9.69 Å². The Morgan fingerprint density at radius 3 is 2.59 bits per heavy atom. The van der Waals surface area contributed by atoms with E-state index in [0.717, 1.165) is 46.5 Å². The van der Waals surface area contributed by atoms with Crippen molar-refractivity contribution >= 4 is 39.8 Å². The van der Waals surface area contributed by atoms with Crippen molar-refractivity contribution in [3.8, 4) is 11.4 Å². The van der Waals surface area contributed by atoms with Gasteiger partial charge in [0, 0.05) is 30.2 Å². The van der Waals surface area contributed by atoms with E-state index in [0.29, 0.717) is 10.9 Å². The minimum absolute atomic E-state index is 0.0500. The fraction of sp³-hybridized carbons (Fsp3) is 0.308. The first-order valence-electron chi connectivity index (χ1n) is 11.3. The predicted octanol–water partition coefficient (Wildman–Crippen LogP) is 6.71. The van der Waals surface area contributed by atoms with Gasteiger partial charge in [-0.05, 0) is 44.9 Å². The Bertz CT molecular complexity index is 1310. The third-order valence-corrected chi connectivity index (χ3v) is 7.30. The van der Waals surface area contributed by atoms with Crippen LogP contribution < -0.4 is 4.90 Å². The molecule has 0 radical (unpaired) electrons. The molecule has 0 aliphatic carbocycles. The fourth-order valence-corrected chi connectivity index (χ4v) is 5.73. The number of thioether (sulfide) groups is 1. The minimum Gasteiger partial charge on any atom is -0.302 e. The molecule has 0 saturated heterocycles. The normalized spacial score (nSPS) is 11.1. The van der Waals surface area contributed by atoms with E-state index in [4.69, 9.17) is 4.98 Å². The van der Waals surface area contributed by atoms with Crippen molar-refractivity contribution in [1.29, 1.82) is 0 Å². The summed E-state index contributed by atoms with van der Waals surface area (Å²) in [6.45, 7) is 10.7. The number of carbonyl (C=O) groups is 1. The van der Waals surface area contributed by atoms with Gasteiger partial charge >= 0.3 is 0 Å². The molecule has 0 spiro atoms. The molecule has 2 aromatic carbocycles. The van der Waals surface area contributed by atoms with Crippen LogP contribution in [0.1, 0.15) is 42.7 Å². The topological polar surface area (TPSA) is 63.9 Å². The van der Waals surface area contributed by atoms with Crippen molar-refractivity contribution < 1.29 is 4.79 Å². The van der Waals surface area contributed by atoms with Crippen molar-refractivity contribution in [3.63, 3.8) is 0 Å². The summed E-state index contributed by atoms with van der Waals surface area (Å²) < 4.78 is 2.18. The molecule has 0 fully saturated rings. The highest BCUT2D eigenvalue weighted by molar-refractivity contribution is 7.98. The SMILES string of the molecule is CCCn1c(SCc2csc(N(C(C)=O)c3ccc(C)cc3C)n2)nnc1-c1cccc(C)c1. The number of hydrogen-bond donors (Lipinski definition) is 0. The number of benzene rings is 2. The molecule has 4 aromatic rings. The average molecular weight is 492 g/mol. The van der Waals surface area contributed by atoms with E-state index in [1.165, 1.54) is 22.5 Å². The minimum atomic E-state index is -0.0500. The maximum atomic E-state index is 12.5. The summed E-state index contributed by atoms with van der Waals surface area (Å²) >= 11 is 3.11. The second-order valence-corrected chi connectivity index (χ2v) is 10.2. The molecule has 8 heteroatoms. The summed E-state index contributed by atoms with van der Waals surface area (Å²) in [5.41, 5.74) is 6.29. The summed E-state index contributed by atoms with van der Waals surface area (Å²) in [5.74, 6) is 1.50. The smallest absolute Gasteiger partial charge is 0.230 e. The summed E-state index contributed by atoms with van der Waals surface area (Å²) in [5, 5.41) is 12.6. The highest BCUT2D eigenvalue weighted by atomic mass is 32.2. The molecule has 2 aromatic heterocycles. The first-order chi connectivity index (χ1) is 16.4. The van der Waals surface area contributed by atoms with Gasteiger partial charge in [0.05, 0.1) is 11.4 Å². The van der Waals surface area contributed by atoms with Gasteiger partial charge in [-0.1, -0.05) is 60.1 Å². The van der Waals surface area contributed by atoms with Crippen molar-refractivity contribution in [2.24, 2.45) is 0 Å². The number of amides is 1. The van der Waals surface area contributed by atoms with Gasteiger partial charge < -0.3 is 4.57 Å². The van der Waals surface area contributed by atoms with E-state index < -0.39 is 0 Å². The van der Waals surface area contributed by atoms with E-state index in [1.807, 2.05) is 24.4 Å². The van der Waals surface area contributed by atoms with Gasteiger partial charge in [-0.2, -0.15) is 0 Å². The molecule has 0 bridgehead atoms. The molecule has 1 amide bonds. The van der Waals surface area contributed by atoms with Crippen LogP contribution in [0.25, 0.3) is 11.4 Å². The van der Waals surface area contributed by atoms with Crippen LogP contribution in [0.5, 0.6) is 0 Å². The zero-order valence-electron chi connectivity index (χ0n) is 20.2. The van der Waals surface area contributed by atoms with Crippen LogP contribution in [-0.2, 0) is 17.1 Å². The molecule has 0 unspecified atom stereocenters.